The van der Waals surface area contributed by atoms with Gasteiger partial charge in [-0.05, 0) is 56.3 Å². The van der Waals surface area contributed by atoms with E-state index in [4.69, 9.17) is 25.2 Å². The van der Waals surface area contributed by atoms with E-state index in [1.165, 1.54) is 0 Å². The molecule has 3 unspecified atom stereocenters. The predicted molar refractivity (Wildman–Crippen MR) is 153 cm³/mol. The van der Waals surface area contributed by atoms with E-state index in [1.807, 2.05) is 29.1 Å². The van der Waals surface area contributed by atoms with Crippen LogP contribution in [0.4, 0.5) is 15.9 Å². The van der Waals surface area contributed by atoms with Crippen molar-refractivity contribution in [1.82, 2.24) is 24.6 Å². The molecule has 3 saturated heterocycles. The number of aromatic nitrogens is 4. The molecule has 8 rings (SSSR count). The molecule has 2 N–H and O–H groups in total. The fourth-order valence-electron chi connectivity index (χ4n) is 8.11. The minimum atomic E-state index is -0.820. The third kappa shape index (κ3) is 3.99. The van der Waals surface area contributed by atoms with Gasteiger partial charge in [-0.2, -0.15) is 20.3 Å². The van der Waals surface area contributed by atoms with Crippen LogP contribution >= 0.6 is 0 Å². The van der Waals surface area contributed by atoms with Crippen LogP contribution in [0.25, 0.3) is 0 Å². The first kappa shape index (κ1) is 25.9. The summed E-state index contributed by atoms with van der Waals surface area (Å²) in [4.78, 5) is 14.4. The number of anilines is 2. The molecule has 1 aromatic carbocycles. The van der Waals surface area contributed by atoms with Gasteiger partial charge < -0.3 is 20.1 Å². The largest absolute Gasteiger partial charge is 0.461 e. The maximum Gasteiger partial charge on any atom is 0.318 e. The second-order valence-electron chi connectivity index (χ2n) is 12.7. The molecule has 6 heterocycles. The molecule has 3 aromatic rings. The summed E-state index contributed by atoms with van der Waals surface area (Å²) in [6.45, 7) is 3.65. The first-order valence-corrected chi connectivity index (χ1v) is 15.1. The third-order valence-electron chi connectivity index (χ3n) is 10.2. The Balaban J connectivity index is 1.15. The van der Waals surface area contributed by atoms with Gasteiger partial charge in [-0.3, -0.25) is 9.58 Å². The Kier molecular flexibility index (Phi) is 5.95. The number of aryl methyl sites for hydroxylation is 1. The Hall–Kier alpha value is -3.75. The van der Waals surface area contributed by atoms with Crippen LogP contribution < -0.4 is 15.4 Å². The van der Waals surface area contributed by atoms with Gasteiger partial charge in [0.05, 0.1) is 29.4 Å². The molecule has 5 aliphatic rings. The highest BCUT2D eigenvalue weighted by Gasteiger charge is 2.50. The maximum absolute atomic E-state index is 14.4. The number of nitrogen functional groups attached to an aromatic ring is 1. The van der Waals surface area contributed by atoms with Gasteiger partial charge in [-0.25, -0.2) is 4.39 Å². The zero-order chi connectivity index (χ0) is 28.5. The van der Waals surface area contributed by atoms with Crippen LogP contribution in [0.15, 0.2) is 30.6 Å². The summed E-state index contributed by atoms with van der Waals surface area (Å²) >= 11 is 0. The van der Waals surface area contributed by atoms with E-state index in [-0.39, 0.29) is 11.6 Å². The Morgan fingerprint density at radius 2 is 2.10 bits per heavy atom. The molecule has 11 heteroatoms. The SMILES string of the molecule is N#Cc1c(N)ccc2c1C1(CCC2)Cc2nc(OCC34CCCN3CC(F)C4)nc(N3CC(n4cccn4)C3)c2CO1. The number of benzene rings is 1. The highest BCUT2D eigenvalue weighted by atomic mass is 19.1. The van der Waals surface area contributed by atoms with E-state index in [1.54, 1.807) is 6.20 Å². The average Bonchev–Trinajstić information content (AvgIpc) is 3.68. The van der Waals surface area contributed by atoms with Crippen LogP contribution in [0.3, 0.4) is 0 Å². The zero-order valence-electron chi connectivity index (χ0n) is 23.6. The van der Waals surface area contributed by atoms with Gasteiger partial charge in [0.1, 0.15) is 30.3 Å². The summed E-state index contributed by atoms with van der Waals surface area (Å²) in [6, 6.07) is 8.76. The Labute approximate surface area is 244 Å². The molecule has 1 spiro atoms. The van der Waals surface area contributed by atoms with Crippen molar-refractivity contribution in [3.63, 3.8) is 0 Å². The molecule has 0 amide bonds. The number of hydrogen-bond donors (Lipinski definition) is 1. The van der Waals surface area contributed by atoms with E-state index >= 15 is 0 Å². The van der Waals surface area contributed by atoms with Crippen molar-refractivity contribution in [2.45, 2.75) is 74.9 Å². The summed E-state index contributed by atoms with van der Waals surface area (Å²) < 4.78 is 29.6. The first-order valence-electron chi connectivity index (χ1n) is 15.1. The normalized spacial score (nSPS) is 28.7. The van der Waals surface area contributed by atoms with E-state index in [2.05, 4.69) is 21.0 Å². The van der Waals surface area contributed by atoms with Crippen molar-refractivity contribution in [2.75, 3.05) is 43.4 Å². The lowest BCUT2D eigenvalue weighted by atomic mass is 9.72. The number of ether oxygens (including phenoxy) is 2. The van der Waals surface area contributed by atoms with Crippen LogP contribution in [0.1, 0.15) is 66.1 Å². The van der Waals surface area contributed by atoms with Crippen LogP contribution in [0, 0.1) is 11.3 Å². The van der Waals surface area contributed by atoms with E-state index in [0.29, 0.717) is 49.9 Å². The topological polar surface area (TPSA) is 118 Å². The van der Waals surface area contributed by atoms with Crippen LogP contribution in [0.2, 0.25) is 0 Å². The summed E-state index contributed by atoms with van der Waals surface area (Å²) in [5, 5.41) is 14.5. The summed E-state index contributed by atoms with van der Waals surface area (Å²) in [5.74, 6) is 0.827. The molecule has 0 saturated carbocycles. The number of nitriles is 1. The monoisotopic (exact) mass is 570 g/mol. The lowest BCUT2D eigenvalue weighted by Crippen LogP contribution is -2.49. The summed E-state index contributed by atoms with van der Waals surface area (Å²) in [5.41, 5.74) is 10.2. The molecular weight excluding hydrogens is 535 g/mol. The second kappa shape index (κ2) is 9.64. The van der Waals surface area contributed by atoms with Gasteiger partial charge in [-0.15, -0.1) is 0 Å². The lowest BCUT2D eigenvalue weighted by Gasteiger charge is -2.45. The highest BCUT2D eigenvalue weighted by Crippen LogP contribution is 2.49. The third-order valence-corrected chi connectivity index (χ3v) is 10.2. The zero-order valence-corrected chi connectivity index (χ0v) is 23.6. The van der Waals surface area contributed by atoms with Gasteiger partial charge in [0.25, 0.3) is 0 Å². The average molecular weight is 571 g/mol. The fourth-order valence-corrected chi connectivity index (χ4v) is 8.11. The molecule has 0 bridgehead atoms. The van der Waals surface area contributed by atoms with E-state index in [9.17, 15) is 9.65 Å². The van der Waals surface area contributed by atoms with E-state index < -0.39 is 11.8 Å². The lowest BCUT2D eigenvalue weighted by molar-refractivity contribution is -0.0857. The molecule has 3 fully saturated rings. The second-order valence-corrected chi connectivity index (χ2v) is 12.7. The van der Waals surface area contributed by atoms with Gasteiger partial charge >= 0.3 is 6.01 Å². The van der Waals surface area contributed by atoms with Crippen LogP contribution in [-0.2, 0) is 29.8 Å². The molecule has 4 aliphatic heterocycles. The number of rotatable bonds is 5. The fraction of sp³-hybridized carbons (Fsp3) is 0.548. The smallest absolute Gasteiger partial charge is 0.318 e. The van der Waals surface area contributed by atoms with Crippen molar-refractivity contribution < 1.29 is 13.9 Å². The number of alkyl halides is 1. The molecule has 1 aliphatic carbocycles. The molecular formula is C31H35FN8O2. The van der Waals surface area contributed by atoms with Crippen LogP contribution in [-0.4, -0.2) is 69.1 Å². The standard InChI is InChI=1S/C31H35FN8O2/c32-21-12-30(7-2-10-39(30)15-21)19-41-29-36-26-13-31(8-1-4-20-5-6-25(34)23(14-33)27(20)31)42-18-24(26)28(37-29)38-16-22(17-38)40-11-3-9-35-40/h3,5-6,9,11,21-22H,1-2,4,7-8,10,12-13,15-19,34H2. The molecule has 10 nitrogen and oxygen atoms in total. The van der Waals surface area contributed by atoms with Crippen molar-refractivity contribution in [3.8, 4) is 12.1 Å². The molecule has 218 valence electrons. The number of nitrogens with two attached hydrogens (primary N) is 1. The number of halogens is 1. The van der Waals surface area contributed by atoms with Gasteiger partial charge in [0, 0.05) is 61.7 Å². The number of hydrogen-bond acceptors (Lipinski definition) is 9. The molecule has 2 aromatic heterocycles. The number of fused-ring (bicyclic) bond motifs is 4. The minimum absolute atomic E-state index is 0.267. The van der Waals surface area contributed by atoms with E-state index in [0.717, 1.165) is 79.9 Å². The molecule has 42 heavy (non-hydrogen) atoms. The van der Waals surface area contributed by atoms with Crippen molar-refractivity contribution in [3.05, 3.63) is 58.5 Å². The predicted octanol–water partition coefficient (Wildman–Crippen LogP) is 3.45. The quantitative estimate of drug-likeness (QED) is 0.460. The summed E-state index contributed by atoms with van der Waals surface area (Å²) in [6.07, 6.45) is 8.59. The first-order chi connectivity index (χ1) is 20.5. The Morgan fingerprint density at radius 3 is 2.93 bits per heavy atom. The minimum Gasteiger partial charge on any atom is -0.461 e. The van der Waals surface area contributed by atoms with Crippen LogP contribution in [0.5, 0.6) is 6.01 Å². The van der Waals surface area contributed by atoms with Crippen molar-refractivity contribution in [1.29, 1.82) is 5.26 Å². The van der Waals surface area contributed by atoms with Gasteiger partial charge in [0.2, 0.25) is 0 Å². The Morgan fingerprint density at radius 1 is 1.19 bits per heavy atom. The summed E-state index contributed by atoms with van der Waals surface area (Å²) in [7, 11) is 0. The van der Waals surface area contributed by atoms with Gasteiger partial charge in [-0.1, -0.05) is 6.07 Å². The maximum atomic E-state index is 14.4. The molecule has 0 radical (unpaired) electrons. The van der Waals surface area contributed by atoms with Gasteiger partial charge in [0.15, 0.2) is 0 Å². The van der Waals surface area contributed by atoms with Crippen molar-refractivity contribution in [2.24, 2.45) is 0 Å². The molecule has 3 atom stereocenters. The number of nitrogens with zero attached hydrogens (tertiary/aromatic N) is 7. The Bertz CT molecular complexity index is 1570. The van der Waals surface area contributed by atoms with Crippen molar-refractivity contribution >= 4 is 11.5 Å². The highest BCUT2D eigenvalue weighted by molar-refractivity contribution is 5.63.